The number of hydrogen-bond acceptors (Lipinski definition) is 2. The summed E-state index contributed by atoms with van der Waals surface area (Å²) < 4.78 is 0. The van der Waals surface area contributed by atoms with E-state index in [0.717, 1.165) is 23.4 Å². The van der Waals surface area contributed by atoms with E-state index in [1.807, 2.05) is 36.4 Å². The minimum Gasteiger partial charge on any atom is -0.324 e. The van der Waals surface area contributed by atoms with Crippen LogP contribution >= 0.6 is 11.6 Å². The molecule has 2 N–H and O–H groups in total. The molecule has 1 atom stereocenters. The molecule has 0 bridgehead atoms. The maximum atomic E-state index is 6.14. The third-order valence-electron chi connectivity index (χ3n) is 2.77. The van der Waals surface area contributed by atoms with Crippen LogP contribution < -0.4 is 5.73 Å². The fraction of sp³-hybridized carbons (Fsp3) is 0.214. The van der Waals surface area contributed by atoms with Gasteiger partial charge in [0.15, 0.2) is 0 Å². The van der Waals surface area contributed by atoms with Crippen molar-refractivity contribution < 1.29 is 0 Å². The fourth-order valence-corrected chi connectivity index (χ4v) is 1.97. The summed E-state index contributed by atoms with van der Waals surface area (Å²) in [5, 5.41) is 0.738. The highest BCUT2D eigenvalue weighted by Gasteiger charge is 2.06. The van der Waals surface area contributed by atoms with Crippen molar-refractivity contribution in [2.24, 2.45) is 5.73 Å². The summed E-state index contributed by atoms with van der Waals surface area (Å²) in [6.45, 7) is 0. The van der Waals surface area contributed by atoms with Crippen LogP contribution in [0.2, 0.25) is 5.02 Å². The van der Waals surface area contributed by atoms with E-state index in [2.05, 4.69) is 4.98 Å². The Morgan fingerprint density at radius 2 is 1.94 bits per heavy atom. The molecule has 0 fully saturated rings. The highest BCUT2D eigenvalue weighted by molar-refractivity contribution is 6.30. The van der Waals surface area contributed by atoms with Gasteiger partial charge in [-0.15, -0.1) is 0 Å². The SMILES string of the molecule is NC(CCc1ccncc1)c1cccc(Cl)c1. The Morgan fingerprint density at radius 3 is 2.65 bits per heavy atom. The summed E-state index contributed by atoms with van der Waals surface area (Å²) in [7, 11) is 0. The van der Waals surface area contributed by atoms with Crippen LogP contribution in [0, 0.1) is 0 Å². The lowest BCUT2D eigenvalue weighted by Gasteiger charge is -2.12. The first-order chi connectivity index (χ1) is 8.25. The Morgan fingerprint density at radius 1 is 1.18 bits per heavy atom. The van der Waals surface area contributed by atoms with Crippen LogP contribution in [-0.4, -0.2) is 4.98 Å². The Hall–Kier alpha value is -1.38. The molecule has 1 heterocycles. The van der Waals surface area contributed by atoms with Crippen LogP contribution in [0.1, 0.15) is 23.6 Å². The summed E-state index contributed by atoms with van der Waals surface area (Å²) in [6.07, 6.45) is 5.47. The van der Waals surface area contributed by atoms with E-state index in [1.165, 1.54) is 5.56 Å². The molecule has 2 rings (SSSR count). The molecule has 0 saturated heterocycles. The van der Waals surface area contributed by atoms with Gasteiger partial charge < -0.3 is 5.73 Å². The van der Waals surface area contributed by atoms with Crippen LogP contribution in [0.25, 0.3) is 0 Å². The predicted octanol–water partition coefficient (Wildman–Crippen LogP) is 3.37. The fourth-order valence-electron chi connectivity index (χ4n) is 1.78. The van der Waals surface area contributed by atoms with E-state index in [-0.39, 0.29) is 6.04 Å². The normalized spacial score (nSPS) is 12.4. The summed E-state index contributed by atoms with van der Waals surface area (Å²) in [5.74, 6) is 0. The number of aromatic nitrogens is 1. The molecular formula is C14H15ClN2. The Balaban J connectivity index is 1.96. The standard InChI is InChI=1S/C14H15ClN2/c15-13-3-1-2-12(10-13)14(16)5-4-11-6-8-17-9-7-11/h1-3,6-10,14H,4-5,16H2. The van der Waals surface area contributed by atoms with Crippen LogP contribution in [0.3, 0.4) is 0 Å². The number of hydrogen-bond donors (Lipinski definition) is 1. The molecule has 3 heteroatoms. The van der Waals surface area contributed by atoms with Crippen molar-refractivity contribution in [1.82, 2.24) is 4.98 Å². The zero-order valence-electron chi connectivity index (χ0n) is 9.51. The van der Waals surface area contributed by atoms with Gasteiger partial charge in [0.2, 0.25) is 0 Å². The molecule has 1 aromatic heterocycles. The maximum absolute atomic E-state index is 6.14. The van der Waals surface area contributed by atoms with Gasteiger partial charge >= 0.3 is 0 Å². The molecule has 88 valence electrons. The van der Waals surface area contributed by atoms with Crippen molar-refractivity contribution in [2.45, 2.75) is 18.9 Å². The zero-order chi connectivity index (χ0) is 12.1. The van der Waals surface area contributed by atoms with Crippen molar-refractivity contribution in [1.29, 1.82) is 0 Å². The number of rotatable bonds is 4. The Bertz CT molecular complexity index is 471. The lowest BCUT2D eigenvalue weighted by atomic mass is 10.0. The minimum atomic E-state index is 0.0295. The van der Waals surface area contributed by atoms with Gasteiger partial charge in [0, 0.05) is 23.5 Å². The van der Waals surface area contributed by atoms with E-state index >= 15 is 0 Å². The van der Waals surface area contributed by atoms with Crippen LogP contribution in [-0.2, 0) is 6.42 Å². The molecule has 0 radical (unpaired) electrons. The van der Waals surface area contributed by atoms with Gasteiger partial charge in [-0.2, -0.15) is 0 Å². The number of nitrogens with two attached hydrogens (primary N) is 1. The molecule has 0 aliphatic rings. The van der Waals surface area contributed by atoms with E-state index in [4.69, 9.17) is 17.3 Å². The van der Waals surface area contributed by atoms with Crippen LogP contribution in [0.4, 0.5) is 0 Å². The topological polar surface area (TPSA) is 38.9 Å². The van der Waals surface area contributed by atoms with E-state index < -0.39 is 0 Å². The van der Waals surface area contributed by atoms with Gasteiger partial charge in [0.1, 0.15) is 0 Å². The largest absolute Gasteiger partial charge is 0.324 e. The number of pyridine rings is 1. The second-order valence-corrected chi connectivity index (χ2v) is 4.49. The summed E-state index contributed by atoms with van der Waals surface area (Å²) in [4.78, 5) is 3.99. The first-order valence-corrected chi connectivity index (χ1v) is 6.03. The third-order valence-corrected chi connectivity index (χ3v) is 3.01. The molecule has 2 nitrogen and oxygen atoms in total. The highest BCUT2D eigenvalue weighted by atomic mass is 35.5. The van der Waals surface area contributed by atoms with E-state index in [1.54, 1.807) is 12.4 Å². The predicted molar refractivity (Wildman–Crippen MR) is 70.9 cm³/mol. The highest BCUT2D eigenvalue weighted by Crippen LogP contribution is 2.19. The zero-order valence-corrected chi connectivity index (χ0v) is 10.3. The summed E-state index contributed by atoms with van der Waals surface area (Å²) in [5.41, 5.74) is 8.49. The van der Waals surface area contributed by atoms with Gasteiger partial charge in [-0.25, -0.2) is 0 Å². The number of nitrogens with zero attached hydrogens (tertiary/aromatic N) is 1. The Labute approximate surface area is 106 Å². The van der Waals surface area contributed by atoms with Crippen molar-refractivity contribution in [2.75, 3.05) is 0 Å². The molecule has 0 saturated carbocycles. The van der Waals surface area contributed by atoms with Gasteiger partial charge in [-0.3, -0.25) is 4.98 Å². The van der Waals surface area contributed by atoms with E-state index in [0.29, 0.717) is 0 Å². The van der Waals surface area contributed by atoms with Gasteiger partial charge in [-0.05, 0) is 48.2 Å². The van der Waals surface area contributed by atoms with Crippen molar-refractivity contribution in [3.05, 3.63) is 64.9 Å². The first kappa shape index (κ1) is 12.1. The number of halogens is 1. The number of aryl methyl sites for hydroxylation is 1. The molecule has 0 aliphatic carbocycles. The molecule has 17 heavy (non-hydrogen) atoms. The lowest BCUT2D eigenvalue weighted by molar-refractivity contribution is 0.651. The van der Waals surface area contributed by atoms with Gasteiger partial charge in [-0.1, -0.05) is 23.7 Å². The maximum Gasteiger partial charge on any atom is 0.0409 e. The van der Waals surface area contributed by atoms with Crippen molar-refractivity contribution in [3.8, 4) is 0 Å². The van der Waals surface area contributed by atoms with Gasteiger partial charge in [0.25, 0.3) is 0 Å². The average Bonchev–Trinajstić information content (AvgIpc) is 2.37. The van der Waals surface area contributed by atoms with Gasteiger partial charge in [0.05, 0.1) is 0 Å². The molecule has 1 aromatic carbocycles. The third kappa shape index (κ3) is 3.55. The minimum absolute atomic E-state index is 0.0295. The monoisotopic (exact) mass is 246 g/mol. The lowest BCUT2D eigenvalue weighted by Crippen LogP contribution is -2.11. The van der Waals surface area contributed by atoms with Crippen LogP contribution in [0.15, 0.2) is 48.8 Å². The van der Waals surface area contributed by atoms with E-state index in [9.17, 15) is 0 Å². The molecule has 2 aromatic rings. The second-order valence-electron chi connectivity index (χ2n) is 4.06. The summed E-state index contributed by atoms with van der Waals surface area (Å²) in [6, 6.07) is 11.8. The molecule has 0 aliphatic heterocycles. The Kier molecular flexibility index (Phi) is 4.13. The first-order valence-electron chi connectivity index (χ1n) is 5.65. The summed E-state index contributed by atoms with van der Waals surface area (Å²) >= 11 is 5.94. The van der Waals surface area contributed by atoms with Crippen molar-refractivity contribution in [3.63, 3.8) is 0 Å². The molecule has 1 unspecified atom stereocenters. The average molecular weight is 247 g/mol. The molecule has 0 spiro atoms. The molecule has 0 amide bonds. The second kappa shape index (κ2) is 5.80. The number of benzene rings is 1. The van der Waals surface area contributed by atoms with Crippen LogP contribution in [0.5, 0.6) is 0 Å². The van der Waals surface area contributed by atoms with Crippen molar-refractivity contribution >= 4 is 11.6 Å². The quantitative estimate of drug-likeness (QED) is 0.898. The smallest absolute Gasteiger partial charge is 0.0409 e. The molecular weight excluding hydrogens is 232 g/mol.